The van der Waals surface area contributed by atoms with Gasteiger partial charge in [-0.05, 0) is 31.9 Å². The smallest absolute Gasteiger partial charge is 0.104 e. The highest BCUT2D eigenvalue weighted by Gasteiger charge is 2.15. The van der Waals surface area contributed by atoms with Crippen LogP contribution >= 0.6 is 11.3 Å². The molecule has 1 N–H and O–H groups in total. The van der Waals surface area contributed by atoms with E-state index < -0.39 is 0 Å². The summed E-state index contributed by atoms with van der Waals surface area (Å²) >= 11 is 1.76. The Hall–Kier alpha value is -0.820. The predicted molar refractivity (Wildman–Crippen MR) is 81.2 cm³/mol. The fourth-order valence-electron chi connectivity index (χ4n) is 2.81. The van der Waals surface area contributed by atoms with E-state index in [2.05, 4.69) is 35.2 Å². The van der Waals surface area contributed by atoms with Crippen molar-refractivity contribution in [1.29, 1.82) is 0 Å². The Morgan fingerprint density at radius 3 is 2.89 bits per heavy atom. The normalized spacial score (nSPS) is 16.4. The molecule has 0 saturated heterocycles. The Kier molecular flexibility index (Phi) is 5.91. The molecule has 1 saturated carbocycles. The summed E-state index contributed by atoms with van der Waals surface area (Å²) in [5.41, 5.74) is 1.03. The molecule has 0 spiro atoms. The second-order valence-electron chi connectivity index (χ2n) is 5.46. The van der Waals surface area contributed by atoms with Crippen LogP contribution in [0, 0.1) is 17.8 Å². The maximum absolute atomic E-state index is 8.68. The van der Waals surface area contributed by atoms with Crippen LogP contribution in [-0.4, -0.2) is 30.2 Å². The van der Waals surface area contributed by atoms with Crippen LogP contribution in [-0.2, 0) is 6.54 Å². The van der Waals surface area contributed by atoms with Crippen molar-refractivity contribution in [2.45, 2.75) is 38.6 Å². The molecule has 0 amide bonds. The summed E-state index contributed by atoms with van der Waals surface area (Å²) in [5.74, 6) is 6.55. The highest BCUT2D eigenvalue weighted by atomic mass is 32.1. The van der Waals surface area contributed by atoms with E-state index in [9.17, 15) is 0 Å². The van der Waals surface area contributed by atoms with Crippen LogP contribution in [0.15, 0.2) is 11.4 Å². The molecule has 0 atom stereocenters. The minimum atomic E-state index is -0.0627. The van der Waals surface area contributed by atoms with Gasteiger partial charge in [0.1, 0.15) is 6.61 Å². The van der Waals surface area contributed by atoms with Crippen molar-refractivity contribution in [1.82, 2.24) is 4.90 Å². The fourth-order valence-corrected chi connectivity index (χ4v) is 3.71. The lowest BCUT2D eigenvalue weighted by atomic mass is 9.89. The van der Waals surface area contributed by atoms with Crippen molar-refractivity contribution in [3.63, 3.8) is 0 Å². The van der Waals surface area contributed by atoms with Gasteiger partial charge < -0.3 is 10.0 Å². The third-order valence-corrected chi connectivity index (χ3v) is 4.61. The second-order valence-corrected chi connectivity index (χ2v) is 6.46. The van der Waals surface area contributed by atoms with Crippen LogP contribution in [0.2, 0.25) is 0 Å². The zero-order chi connectivity index (χ0) is 13.5. The van der Waals surface area contributed by atoms with Crippen molar-refractivity contribution in [3.8, 4) is 11.8 Å². The average molecular weight is 277 g/mol. The van der Waals surface area contributed by atoms with Gasteiger partial charge in [-0.25, -0.2) is 0 Å². The molecule has 104 valence electrons. The Labute approximate surface area is 120 Å². The molecule has 19 heavy (non-hydrogen) atoms. The van der Waals surface area contributed by atoms with Crippen molar-refractivity contribution >= 4 is 11.3 Å². The summed E-state index contributed by atoms with van der Waals surface area (Å²) in [6.45, 7) is 2.17. The van der Waals surface area contributed by atoms with Crippen LogP contribution in [0.25, 0.3) is 0 Å². The molecular formula is C16H23NOS. The topological polar surface area (TPSA) is 23.5 Å². The summed E-state index contributed by atoms with van der Waals surface area (Å²) in [6.07, 6.45) is 7.07. The van der Waals surface area contributed by atoms with E-state index in [0.717, 1.165) is 18.0 Å². The minimum absolute atomic E-state index is 0.0627. The van der Waals surface area contributed by atoms with Gasteiger partial charge in [0.15, 0.2) is 0 Å². The van der Waals surface area contributed by atoms with E-state index in [0.29, 0.717) is 0 Å². The molecule has 2 nitrogen and oxygen atoms in total. The van der Waals surface area contributed by atoms with Gasteiger partial charge in [-0.3, -0.25) is 0 Å². The highest BCUT2D eigenvalue weighted by Crippen LogP contribution is 2.25. The Balaban J connectivity index is 1.80. The summed E-state index contributed by atoms with van der Waals surface area (Å²) < 4.78 is 0. The molecule has 1 aromatic rings. The standard InChI is InChI=1S/C16H23NOS/c1-17(11-14-6-3-2-4-7-14)12-16-10-15(13-19-16)8-5-9-18/h10,13-14,18H,2-4,6-7,9,11-12H2,1H3. The first-order valence-corrected chi connectivity index (χ1v) is 8.01. The van der Waals surface area contributed by atoms with Gasteiger partial charge in [0.2, 0.25) is 0 Å². The van der Waals surface area contributed by atoms with Crippen molar-refractivity contribution in [2.75, 3.05) is 20.2 Å². The van der Waals surface area contributed by atoms with Gasteiger partial charge >= 0.3 is 0 Å². The molecule has 1 aliphatic rings. The molecule has 3 heteroatoms. The first kappa shape index (κ1) is 14.6. The van der Waals surface area contributed by atoms with Crippen LogP contribution < -0.4 is 0 Å². The second kappa shape index (κ2) is 7.69. The third-order valence-electron chi connectivity index (χ3n) is 3.69. The molecule has 0 bridgehead atoms. The largest absolute Gasteiger partial charge is 0.384 e. The lowest BCUT2D eigenvalue weighted by molar-refractivity contribution is 0.229. The van der Waals surface area contributed by atoms with Gasteiger partial charge in [0.05, 0.1) is 0 Å². The molecule has 1 aromatic heterocycles. The quantitative estimate of drug-likeness (QED) is 0.855. The lowest BCUT2D eigenvalue weighted by Crippen LogP contribution is -2.26. The predicted octanol–water partition coefficient (Wildman–Crippen LogP) is 3.10. The van der Waals surface area contributed by atoms with Crippen LogP contribution in [0.1, 0.15) is 42.5 Å². The maximum Gasteiger partial charge on any atom is 0.104 e. The van der Waals surface area contributed by atoms with E-state index in [1.54, 1.807) is 11.3 Å². The van der Waals surface area contributed by atoms with Crippen molar-refractivity contribution in [2.24, 2.45) is 5.92 Å². The van der Waals surface area contributed by atoms with E-state index in [4.69, 9.17) is 5.11 Å². The van der Waals surface area contributed by atoms with Gasteiger partial charge in [-0.15, -0.1) is 11.3 Å². The lowest BCUT2D eigenvalue weighted by Gasteiger charge is -2.26. The van der Waals surface area contributed by atoms with Crippen molar-refractivity contribution in [3.05, 3.63) is 21.9 Å². The molecule has 2 rings (SSSR count). The van der Waals surface area contributed by atoms with Gasteiger partial charge in [0, 0.05) is 28.9 Å². The van der Waals surface area contributed by atoms with E-state index in [-0.39, 0.29) is 6.61 Å². The number of rotatable bonds is 4. The Morgan fingerprint density at radius 1 is 1.37 bits per heavy atom. The number of nitrogens with zero attached hydrogens (tertiary/aromatic N) is 1. The number of thiophene rings is 1. The molecule has 0 aliphatic heterocycles. The molecule has 1 aliphatic carbocycles. The highest BCUT2D eigenvalue weighted by molar-refractivity contribution is 7.10. The Morgan fingerprint density at radius 2 is 2.16 bits per heavy atom. The van der Waals surface area contributed by atoms with E-state index >= 15 is 0 Å². The third kappa shape index (κ3) is 4.99. The number of hydrogen-bond acceptors (Lipinski definition) is 3. The number of hydrogen-bond donors (Lipinski definition) is 1. The van der Waals surface area contributed by atoms with E-state index in [1.165, 1.54) is 43.5 Å². The molecular weight excluding hydrogens is 254 g/mol. The van der Waals surface area contributed by atoms with Crippen molar-refractivity contribution < 1.29 is 5.11 Å². The van der Waals surface area contributed by atoms with Gasteiger partial charge in [-0.1, -0.05) is 31.1 Å². The van der Waals surface area contributed by atoms with Crippen LogP contribution in [0.5, 0.6) is 0 Å². The fraction of sp³-hybridized carbons (Fsp3) is 0.625. The summed E-state index contributed by atoms with van der Waals surface area (Å²) in [6, 6.07) is 2.14. The minimum Gasteiger partial charge on any atom is -0.384 e. The monoisotopic (exact) mass is 277 g/mol. The first-order valence-electron chi connectivity index (χ1n) is 7.13. The average Bonchev–Trinajstić information content (AvgIpc) is 2.85. The molecule has 1 fully saturated rings. The number of aliphatic hydroxyl groups excluding tert-OH is 1. The SMILES string of the molecule is CN(Cc1cc(C#CCO)cs1)CC1CCCCC1. The Bertz CT molecular complexity index is 437. The molecule has 1 heterocycles. The maximum atomic E-state index is 8.68. The molecule has 0 radical (unpaired) electrons. The van der Waals surface area contributed by atoms with Gasteiger partial charge in [0.25, 0.3) is 0 Å². The zero-order valence-corrected chi connectivity index (χ0v) is 12.5. The summed E-state index contributed by atoms with van der Waals surface area (Å²) in [4.78, 5) is 3.80. The zero-order valence-electron chi connectivity index (χ0n) is 11.7. The number of aliphatic hydroxyl groups is 1. The van der Waals surface area contributed by atoms with Gasteiger partial charge in [-0.2, -0.15) is 0 Å². The molecule has 0 aromatic carbocycles. The van der Waals surface area contributed by atoms with E-state index in [1.807, 2.05) is 0 Å². The summed E-state index contributed by atoms with van der Waals surface area (Å²) in [7, 11) is 2.22. The summed E-state index contributed by atoms with van der Waals surface area (Å²) in [5, 5.41) is 10.8. The first-order chi connectivity index (χ1) is 9.28. The van der Waals surface area contributed by atoms with Crippen LogP contribution in [0.4, 0.5) is 0 Å². The molecule has 0 unspecified atom stereocenters. The van der Waals surface area contributed by atoms with Crippen LogP contribution in [0.3, 0.4) is 0 Å².